The molecule has 0 aromatic carbocycles. The molecule has 0 unspecified atom stereocenters. The number of hydrogen-bond acceptors (Lipinski definition) is 5. The summed E-state index contributed by atoms with van der Waals surface area (Å²) in [7, 11) is 0. The molecule has 0 spiro atoms. The molecule has 3 aromatic rings. The summed E-state index contributed by atoms with van der Waals surface area (Å²) in [5, 5.41) is 0. The topological polar surface area (TPSA) is 77.8 Å². The van der Waals surface area contributed by atoms with Gasteiger partial charge in [0.05, 0.1) is 6.26 Å². The quantitative estimate of drug-likeness (QED) is 0.701. The summed E-state index contributed by atoms with van der Waals surface area (Å²) in [5.74, 6) is 7.90. The average molecular weight is 344 g/mol. The summed E-state index contributed by atoms with van der Waals surface area (Å²) < 4.78 is 5.52. The lowest BCUT2D eigenvalue weighted by molar-refractivity contribution is 0.430. The van der Waals surface area contributed by atoms with Crippen molar-refractivity contribution in [3.63, 3.8) is 0 Å². The van der Waals surface area contributed by atoms with E-state index in [1.165, 1.54) is 19.3 Å². The Morgan fingerprint density at radius 2 is 1.81 bits per heavy atom. The van der Waals surface area contributed by atoms with Crippen LogP contribution in [0.2, 0.25) is 0 Å². The number of nitrogen functional groups attached to an aromatic ring is 1. The highest BCUT2D eigenvalue weighted by Crippen LogP contribution is 2.30. The van der Waals surface area contributed by atoms with E-state index >= 15 is 0 Å². The highest BCUT2D eigenvalue weighted by atomic mass is 16.3. The molecule has 0 amide bonds. The van der Waals surface area contributed by atoms with Crippen molar-refractivity contribution >= 4 is 5.82 Å². The Labute approximate surface area is 152 Å². The van der Waals surface area contributed by atoms with Gasteiger partial charge in [-0.3, -0.25) is 4.98 Å². The predicted molar refractivity (Wildman–Crippen MR) is 101 cm³/mol. The summed E-state index contributed by atoms with van der Waals surface area (Å²) in [6.45, 7) is 0. The van der Waals surface area contributed by atoms with Gasteiger partial charge in [-0.2, -0.15) is 0 Å². The number of pyridine rings is 1. The van der Waals surface area contributed by atoms with Crippen molar-refractivity contribution in [1.29, 1.82) is 0 Å². The van der Waals surface area contributed by atoms with Crippen LogP contribution in [-0.4, -0.2) is 15.0 Å². The van der Waals surface area contributed by atoms with Crippen LogP contribution in [-0.2, 0) is 0 Å². The van der Waals surface area contributed by atoms with Gasteiger partial charge in [0.2, 0.25) is 0 Å². The van der Waals surface area contributed by atoms with Gasteiger partial charge >= 0.3 is 0 Å². The van der Waals surface area contributed by atoms with E-state index in [0.717, 1.165) is 18.4 Å². The minimum absolute atomic E-state index is 0.331. The summed E-state index contributed by atoms with van der Waals surface area (Å²) in [6.07, 6.45) is 11.2. The summed E-state index contributed by atoms with van der Waals surface area (Å²) in [4.78, 5) is 13.4. The molecule has 4 rings (SSSR count). The van der Waals surface area contributed by atoms with Gasteiger partial charge in [-0.05, 0) is 43.0 Å². The van der Waals surface area contributed by atoms with Crippen molar-refractivity contribution in [3.8, 4) is 34.6 Å². The lowest BCUT2D eigenvalue weighted by Crippen LogP contribution is -2.05. The van der Waals surface area contributed by atoms with Crippen molar-refractivity contribution in [3.05, 3.63) is 48.6 Å². The highest BCUT2D eigenvalue weighted by molar-refractivity contribution is 5.77. The molecule has 130 valence electrons. The van der Waals surface area contributed by atoms with E-state index in [-0.39, 0.29) is 0 Å². The Bertz CT molecular complexity index is 933. The fourth-order valence-electron chi connectivity index (χ4n) is 3.25. The number of furan rings is 1. The minimum Gasteiger partial charge on any atom is -0.463 e. The lowest BCUT2D eigenvalue weighted by Gasteiger charge is -2.15. The summed E-state index contributed by atoms with van der Waals surface area (Å²) >= 11 is 0. The van der Waals surface area contributed by atoms with Crippen molar-refractivity contribution in [1.82, 2.24) is 15.0 Å². The molecule has 3 heterocycles. The number of nitrogens with two attached hydrogens (primary N) is 1. The van der Waals surface area contributed by atoms with Gasteiger partial charge in [0, 0.05) is 23.9 Å². The lowest BCUT2D eigenvalue weighted by atomic mass is 9.90. The van der Waals surface area contributed by atoms with Gasteiger partial charge in [-0.15, -0.1) is 0 Å². The average Bonchev–Trinajstić information content (AvgIpc) is 3.23. The molecule has 0 atom stereocenters. The highest BCUT2D eigenvalue weighted by Gasteiger charge is 2.17. The van der Waals surface area contributed by atoms with E-state index in [4.69, 9.17) is 15.1 Å². The molecule has 3 aromatic heterocycles. The fourth-order valence-corrected chi connectivity index (χ4v) is 3.25. The zero-order chi connectivity index (χ0) is 17.8. The van der Waals surface area contributed by atoms with Crippen LogP contribution in [0.4, 0.5) is 5.82 Å². The monoisotopic (exact) mass is 344 g/mol. The third-order valence-corrected chi connectivity index (χ3v) is 4.63. The number of nitrogens with zero attached hydrogens (tertiary/aromatic N) is 3. The van der Waals surface area contributed by atoms with Crippen LogP contribution in [0.3, 0.4) is 0 Å². The van der Waals surface area contributed by atoms with Crippen molar-refractivity contribution in [2.45, 2.75) is 32.1 Å². The molecular formula is C21H20N4O. The van der Waals surface area contributed by atoms with Gasteiger partial charge in [-0.25, -0.2) is 9.97 Å². The molecule has 26 heavy (non-hydrogen) atoms. The van der Waals surface area contributed by atoms with Crippen LogP contribution in [0, 0.1) is 17.8 Å². The third-order valence-electron chi connectivity index (χ3n) is 4.63. The van der Waals surface area contributed by atoms with Crippen LogP contribution >= 0.6 is 0 Å². The Kier molecular flexibility index (Phi) is 4.65. The van der Waals surface area contributed by atoms with Gasteiger partial charge in [0.15, 0.2) is 17.3 Å². The Balaban J connectivity index is 1.78. The van der Waals surface area contributed by atoms with E-state index in [1.807, 2.05) is 24.3 Å². The molecule has 0 saturated heterocycles. The minimum atomic E-state index is 0.331. The normalized spacial score (nSPS) is 14.6. The molecule has 0 bridgehead atoms. The summed E-state index contributed by atoms with van der Waals surface area (Å²) in [6, 6.07) is 7.46. The standard InChI is InChI=1S/C21H20N4O/c22-21-17(9-8-15-5-2-1-3-6-15)24-19(16-10-12-23-13-11-16)20(25-21)18-7-4-14-26-18/h4,7,10-15H,1-3,5-6H2,(H2,22,25). The van der Waals surface area contributed by atoms with Gasteiger partial charge < -0.3 is 10.2 Å². The first-order chi connectivity index (χ1) is 12.8. The second-order valence-corrected chi connectivity index (χ2v) is 6.47. The van der Waals surface area contributed by atoms with Crippen LogP contribution in [0.5, 0.6) is 0 Å². The number of hydrogen-bond donors (Lipinski definition) is 1. The van der Waals surface area contributed by atoms with Gasteiger partial charge in [0.25, 0.3) is 0 Å². The molecular weight excluding hydrogens is 324 g/mol. The van der Waals surface area contributed by atoms with Gasteiger partial charge in [-0.1, -0.05) is 25.2 Å². The van der Waals surface area contributed by atoms with Crippen LogP contribution in [0.15, 0.2) is 47.3 Å². The van der Waals surface area contributed by atoms with E-state index in [0.29, 0.717) is 34.6 Å². The van der Waals surface area contributed by atoms with Crippen molar-refractivity contribution in [2.75, 3.05) is 5.73 Å². The summed E-state index contributed by atoms with van der Waals surface area (Å²) in [5.41, 5.74) is 8.90. The maximum atomic E-state index is 6.16. The number of aromatic nitrogens is 3. The van der Waals surface area contributed by atoms with Crippen molar-refractivity contribution < 1.29 is 4.42 Å². The van der Waals surface area contributed by atoms with Crippen LogP contribution in [0.25, 0.3) is 22.7 Å². The predicted octanol–water partition coefficient (Wildman–Crippen LogP) is 4.31. The first-order valence-corrected chi connectivity index (χ1v) is 8.94. The maximum Gasteiger partial charge on any atom is 0.159 e. The Morgan fingerprint density at radius 1 is 1.00 bits per heavy atom. The molecule has 1 saturated carbocycles. The second-order valence-electron chi connectivity index (χ2n) is 6.47. The molecule has 1 aliphatic rings. The Hall–Kier alpha value is -3.13. The maximum absolute atomic E-state index is 6.16. The third kappa shape index (κ3) is 3.45. The van der Waals surface area contributed by atoms with Crippen molar-refractivity contribution in [2.24, 2.45) is 5.92 Å². The SMILES string of the molecule is Nc1nc(-c2ccco2)c(-c2ccncc2)nc1C#CC1CCCCC1. The fraction of sp³-hybridized carbons (Fsp3) is 0.286. The van der Waals surface area contributed by atoms with Crippen LogP contribution < -0.4 is 5.73 Å². The molecule has 5 heteroatoms. The molecule has 2 N–H and O–H groups in total. The number of anilines is 1. The smallest absolute Gasteiger partial charge is 0.159 e. The van der Waals surface area contributed by atoms with E-state index in [2.05, 4.69) is 21.8 Å². The van der Waals surface area contributed by atoms with Gasteiger partial charge in [0.1, 0.15) is 11.4 Å². The first-order valence-electron chi connectivity index (χ1n) is 8.94. The first kappa shape index (κ1) is 16.3. The molecule has 0 aliphatic heterocycles. The molecule has 1 aliphatic carbocycles. The Morgan fingerprint density at radius 3 is 2.54 bits per heavy atom. The zero-order valence-corrected chi connectivity index (χ0v) is 14.5. The zero-order valence-electron chi connectivity index (χ0n) is 14.5. The number of rotatable bonds is 2. The molecule has 1 fully saturated rings. The van der Waals surface area contributed by atoms with Crippen LogP contribution in [0.1, 0.15) is 37.8 Å². The molecule has 5 nitrogen and oxygen atoms in total. The largest absolute Gasteiger partial charge is 0.463 e. The molecule has 0 radical (unpaired) electrons. The van der Waals surface area contributed by atoms with E-state index < -0.39 is 0 Å². The van der Waals surface area contributed by atoms with E-state index in [9.17, 15) is 0 Å². The second kappa shape index (κ2) is 7.40. The van der Waals surface area contributed by atoms with E-state index in [1.54, 1.807) is 18.7 Å².